The summed E-state index contributed by atoms with van der Waals surface area (Å²) in [6.45, 7) is 0.567. The second-order valence-corrected chi connectivity index (χ2v) is 6.44. The Morgan fingerprint density at radius 1 is 1.36 bits per heavy atom. The highest BCUT2D eigenvalue weighted by atomic mass is 16.5. The smallest absolute Gasteiger partial charge is 0.313 e. The van der Waals surface area contributed by atoms with Crippen molar-refractivity contribution in [1.82, 2.24) is 9.88 Å². The van der Waals surface area contributed by atoms with Crippen molar-refractivity contribution in [2.75, 3.05) is 26.8 Å². The molecule has 1 aliphatic rings. The number of carboxylic acid groups (broad SMARTS) is 1. The summed E-state index contributed by atoms with van der Waals surface area (Å²) in [7, 11) is 1.45. The number of fused-ring (bicyclic) bond motifs is 1. The quantitative estimate of drug-likeness (QED) is 0.875. The standard InChI is InChI=1S/C18H20N2O5/c1-25-11-18(17(23)24)7-4-8-20(10-18)16(22)13-9-15(21)19-14-6-3-2-5-12(13)14/h2-3,5-6,9H,4,7-8,10-11H2,1H3,(H,19,21)(H,23,24). The number of aromatic amines is 1. The molecule has 2 N–H and O–H groups in total. The lowest BCUT2D eigenvalue weighted by atomic mass is 9.80. The van der Waals surface area contributed by atoms with Crippen molar-refractivity contribution in [3.63, 3.8) is 0 Å². The van der Waals surface area contributed by atoms with Crippen molar-refractivity contribution in [2.45, 2.75) is 12.8 Å². The van der Waals surface area contributed by atoms with Gasteiger partial charge < -0.3 is 19.7 Å². The molecule has 1 aromatic heterocycles. The highest BCUT2D eigenvalue weighted by Crippen LogP contribution is 2.32. The van der Waals surface area contributed by atoms with E-state index in [2.05, 4.69) is 4.98 Å². The van der Waals surface area contributed by atoms with Crippen LogP contribution < -0.4 is 5.56 Å². The summed E-state index contributed by atoms with van der Waals surface area (Å²) >= 11 is 0. The molecule has 1 unspecified atom stereocenters. The Hall–Kier alpha value is -2.67. The number of rotatable bonds is 4. The van der Waals surface area contributed by atoms with Crippen LogP contribution in [0, 0.1) is 5.41 Å². The van der Waals surface area contributed by atoms with E-state index in [1.54, 1.807) is 24.3 Å². The van der Waals surface area contributed by atoms with E-state index in [0.717, 1.165) is 0 Å². The van der Waals surface area contributed by atoms with E-state index in [1.807, 2.05) is 0 Å². The van der Waals surface area contributed by atoms with Gasteiger partial charge in [0.1, 0.15) is 5.41 Å². The number of para-hydroxylation sites is 1. The maximum atomic E-state index is 13.0. The number of pyridine rings is 1. The van der Waals surface area contributed by atoms with Crippen LogP contribution >= 0.6 is 0 Å². The molecule has 7 heteroatoms. The number of aliphatic carboxylic acids is 1. The molecular formula is C18H20N2O5. The number of benzene rings is 1. The van der Waals surface area contributed by atoms with Crippen LogP contribution in [0.4, 0.5) is 0 Å². The number of carboxylic acids is 1. The summed E-state index contributed by atoms with van der Waals surface area (Å²) in [5.41, 5.74) is -0.602. The van der Waals surface area contributed by atoms with E-state index < -0.39 is 11.4 Å². The SMILES string of the molecule is COCC1(C(=O)O)CCCN(C(=O)c2cc(=O)[nH]c3ccccc23)C1. The number of carbonyl (C=O) groups excluding carboxylic acids is 1. The predicted molar refractivity (Wildman–Crippen MR) is 91.7 cm³/mol. The minimum Gasteiger partial charge on any atom is -0.481 e. The first-order valence-electron chi connectivity index (χ1n) is 8.10. The molecule has 2 aromatic rings. The zero-order valence-electron chi connectivity index (χ0n) is 13.9. The lowest BCUT2D eigenvalue weighted by Crippen LogP contribution is -2.52. The fourth-order valence-corrected chi connectivity index (χ4v) is 3.49. The van der Waals surface area contributed by atoms with Crippen molar-refractivity contribution >= 4 is 22.8 Å². The van der Waals surface area contributed by atoms with Crippen LogP contribution in [0.1, 0.15) is 23.2 Å². The molecule has 25 heavy (non-hydrogen) atoms. The maximum absolute atomic E-state index is 13.0. The first-order chi connectivity index (χ1) is 12.0. The molecule has 132 valence electrons. The number of carbonyl (C=O) groups is 2. The second-order valence-electron chi connectivity index (χ2n) is 6.44. The molecule has 0 saturated carbocycles. The molecule has 1 saturated heterocycles. The number of nitrogens with zero attached hydrogens (tertiary/aromatic N) is 1. The maximum Gasteiger partial charge on any atom is 0.313 e. The Morgan fingerprint density at radius 3 is 2.84 bits per heavy atom. The topological polar surface area (TPSA) is 99.7 Å². The van der Waals surface area contributed by atoms with Crippen LogP contribution in [0.2, 0.25) is 0 Å². The van der Waals surface area contributed by atoms with E-state index in [0.29, 0.717) is 30.3 Å². The lowest BCUT2D eigenvalue weighted by molar-refractivity contribution is -0.155. The summed E-state index contributed by atoms with van der Waals surface area (Å²) in [5.74, 6) is -1.30. The van der Waals surface area contributed by atoms with Gasteiger partial charge in [0.2, 0.25) is 5.56 Å². The summed E-state index contributed by atoms with van der Waals surface area (Å²) in [4.78, 5) is 40.9. The van der Waals surface area contributed by atoms with Gasteiger partial charge in [0.15, 0.2) is 0 Å². The van der Waals surface area contributed by atoms with Crippen LogP contribution in [0.5, 0.6) is 0 Å². The predicted octanol–water partition coefficient (Wildman–Crippen LogP) is 1.48. The highest BCUT2D eigenvalue weighted by Gasteiger charge is 2.44. The Labute approximate surface area is 144 Å². The van der Waals surface area contributed by atoms with E-state index in [4.69, 9.17) is 4.74 Å². The van der Waals surface area contributed by atoms with E-state index in [-0.39, 0.29) is 30.2 Å². The van der Waals surface area contributed by atoms with Crippen LogP contribution in [0.25, 0.3) is 10.9 Å². The molecule has 0 radical (unpaired) electrons. The number of amides is 1. The summed E-state index contributed by atoms with van der Waals surface area (Å²) in [5, 5.41) is 10.3. The van der Waals surface area contributed by atoms with Crippen LogP contribution in [-0.2, 0) is 9.53 Å². The Morgan fingerprint density at radius 2 is 2.12 bits per heavy atom. The van der Waals surface area contributed by atoms with Crippen molar-refractivity contribution < 1.29 is 19.4 Å². The molecule has 0 spiro atoms. The van der Waals surface area contributed by atoms with E-state index >= 15 is 0 Å². The van der Waals surface area contributed by atoms with Gasteiger partial charge in [-0.15, -0.1) is 0 Å². The fourth-order valence-electron chi connectivity index (χ4n) is 3.49. The number of aromatic nitrogens is 1. The molecule has 7 nitrogen and oxygen atoms in total. The van der Waals surface area contributed by atoms with Gasteiger partial charge in [-0.2, -0.15) is 0 Å². The minimum absolute atomic E-state index is 0.0439. The lowest BCUT2D eigenvalue weighted by Gasteiger charge is -2.39. The molecule has 1 amide bonds. The minimum atomic E-state index is -1.11. The van der Waals surface area contributed by atoms with E-state index in [9.17, 15) is 19.5 Å². The van der Waals surface area contributed by atoms with Crippen LogP contribution in [-0.4, -0.2) is 53.7 Å². The highest BCUT2D eigenvalue weighted by molar-refractivity contribution is 6.06. The first-order valence-corrected chi connectivity index (χ1v) is 8.10. The largest absolute Gasteiger partial charge is 0.481 e. The van der Waals surface area contributed by atoms with Crippen LogP contribution in [0.3, 0.4) is 0 Å². The monoisotopic (exact) mass is 344 g/mol. The van der Waals surface area contributed by atoms with Gasteiger partial charge in [0.25, 0.3) is 5.91 Å². The number of hydrogen-bond acceptors (Lipinski definition) is 4. The van der Waals surface area contributed by atoms with Gasteiger partial charge in [0.05, 0.1) is 12.2 Å². The first kappa shape index (κ1) is 17.2. The Bertz CT molecular complexity index is 871. The third-order valence-corrected chi connectivity index (χ3v) is 4.72. The van der Waals surface area contributed by atoms with Gasteiger partial charge >= 0.3 is 5.97 Å². The van der Waals surface area contributed by atoms with Gasteiger partial charge in [-0.3, -0.25) is 14.4 Å². The summed E-state index contributed by atoms with van der Waals surface area (Å²) in [6, 6.07) is 8.35. The molecule has 2 heterocycles. The molecule has 0 bridgehead atoms. The van der Waals surface area contributed by atoms with Gasteiger partial charge in [-0.05, 0) is 18.9 Å². The average molecular weight is 344 g/mol. The zero-order valence-corrected chi connectivity index (χ0v) is 13.9. The third-order valence-electron chi connectivity index (χ3n) is 4.72. The molecule has 1 fully saturated rings. The van der Waals surface area contributed by atoms with Gasteiger partial charge in [-0.1, -0.05) is 18.2 Å². The molecule has 1 aromatic carbocycles. The second kappa shape index (κ2) is 6.68. The Balaban J connectivity index is 1.98. The molecule has 1 atom stereocenters. The van der Waals surface area contributed by atoms with Crippen molar-refractivity contribution in [3.8, 4) is 0 Å². The molecular weight excluding hydrogens is 324 g/mol. The number of methoxy groups -OCH3 is 1. The van der Waals surface area contributed by atoms with Crippen molar-refractivity contribution in [3.05, 3.63) is 46.2 Å². The van der Waals surface area contributed by atoms with E-state index in [1.165, 1.54) is 18.1 Å². The zero-order chi connectivity index (χ0) is 18.0. The number of nitrogens with one attached hydrogen (secondary N) is 1. The van der Waals surface area contributed by atoms with Crippen LogP contribution in [0.15, 0.2) is 35.1 Å². The molecule has 1 aliphatic heterocycles. The number of likely N-dealkylation sites (tertiary alicyclic amines) is 1. The number of hydrogen-bond donors (Lipinski definition) is 2. The van der Waals surface area contributed by atoms with Crippen molar-refractivity contribution in [1.29, 1.82) is 0 Å². The average Bonchev–Trinajstić information content (AvgIpc) is 2.60. The number of piperidine rings is 1. The summed E-state index contributed by atoms with van der Waals surface area (Å²) < 4.78 is 5.10. The van der Waals surface area contributed by atoms with Gasteiger partial charge in [-0.25, -0.2) is 0 Å². The fraction of sp³-hybridized carbons (Fsp3) is 0.389. The third kappa shape index (κ3) is 3.15. The molecule has 0 aliphatic carbocycles. The molecule has 3 rings (SSSR count). The summed E-state index contributed by atoms with van der Waals surface area (Å²) in [6.07, 6.45) is 1.03. The van der Waals surface area contributed by atoms with Crippen molar-refractivity contribution in [2.24, 2.45) is 5.41 Å². The van der Waals surface area contributed by atoms with Gasteiger partial charge in [0, 0.05) is 37.2 Å². The normalized spacial score (nSPS) is 20.6. The number of H-pyrrole nitrogens is 1. The number of ether oxygens (including phenoxy) is 1. The Kier molecular flexibility index (Phi) is 4.59.